The summed E-state index contributed by atoms with van der Waals surface area (Å²) >= 11 is 0. The van der Waals surface area contributed by atoms with Crippen LogP contribution in [0, 0.1) is 0 Å². The molecule has 5 heteroatoms. The number of aromatic nitrogens is 1. The molecule has 1 aromatic heterocycles. The van der Waals surface area contributed by atoms with Crippen LogP contribution in [0.4, 0.5) is 13.2 Å². The summed E-state index contributed by atoms with van der Waals surface area (Å²) in [7, 11) is 0. The molecule has 0 saturated heterocycles. The van der Waals surface area contributed by atoms with Crippen molar-refractivity contribution in [3.8, 4) is 5.88 Å². The Morgan fingerprint density at radius 3 is 2.56 bits per heavy atom. The lowest BCUT2D eigenvalue weighted by Gasteiger charge is -2.09. The summed E-state index contributed by atoms with van der Waals surface area (Å²) in [4.78, 5) is 3.92. The van der Waals surface area contributed by atoms with Gasteiger partial charge in [-0.3, -0.25) is 0 Å². The van der Waals surface area contributed by atoms with Crippen LogP contribution in [0.15, 0.2) is 48.7 Å². The van der Waals surface area contributed by atoms with Gasteiger partial charge in [-0.1, -0.05) is 18.2 Å². The van der Waals surface area contributed by atoms with Crippen LogP contribution in [-0.2, 0) is 12.8 Å². The molecule has 0 amide bonds. The van der Waals surface area contributed by atoms with Crippen LogP contribution in [0.3, 0.4) is 0 Å². The molecule has 0 unspecified atom stereocenters. The lowest BCUT2D eigenvalue weighted by molar-refractivity contribution is -0.137. The van der Waals surface area contributed by atoms with Crippen molar-refractivity contribution in [3.05, 3.63) is 59.8 Å². The Bertz CT molecular complexity index is 511. The minimum absolute atomic E-state index is 0.0565. The topological polar surface area (TPSA) is 22.1 Å². The van der Waals surface area contributed by atoms with Crippen molar-refractivity contribution in [1.82, 2.24) is 4.98 Å². The van der Waals surface area contributed by atoms with Crippen LogP contribution in [0.2, 0.25) is 0 Å². The second kappa shape index (κ2) is 5.08. The van der Waals surface area contributed by atoms with E-state index in [2.05, 4.69) is 4.98 Å². The molecule has 0 radical (unpaired) electrons. The predicted molar refractivity (Wildman–Crippen MR) is 60.0 cm³/mol. The van der Waals surface area contributed by atoms with Crippen LogP contribution in [-0.4, -0.2) is 4.98 Å². The van der Waals surface area contributed by atoms with Gasteiger partial charge < -0.3 is 4.74 Å². The molecule has 0 fully saturated rings. The number of halogens is 3. The minimum Gasteiger partial charge on any atom is -0.473 e. The monoisotopic (exact) mass is 253 g/mol. The smallest absolute Gasteiger partial charge is 0.416 e. The van der Waals surface area contributed by atoms with Crippen LogP contribution in [0.1, 0.15) is 11.1 Å². The molecule has 0 saturated carbocycles. The van der Waals surface area contributed by atoms with Gasteiger partial charge in [-0.15, -0.1) is 0 Å². The van der Waals surface area contributed by atoms with Gasteiger partial charge in [0.15, 0.2) is 0 Å². The van der Waals surface area contributed by atoms with Gasteiger partial charge in [0.2, 0.25) is 5.88 Å². The number of alkyl halides is 3. The molecule has 0 bridgehead atoms. The second-order valence-corrected chi connectivity index (χ2v) is 3.65. The lowest BCUT2D eigenvalue weighted by atomic mass is 10.1. The highest BCUT2D eigenvalue weighted by molar-refractivity contribution is 5.25. The van der Waals surface area contributed by atoms with E-state index in [0.29, 0.717) is 11.4 Å². The number of nitrogens with zero attached hydrogens (tertiary/aromatic N) is 1. The Hall–Kier alpha value is -2.04. The summed E-state index contributed by atoms with van der Waals surface area (Å²) in [5.74, 6) is 0.384. The van der Waals surface area contributed by atoms with Crippen molar-refractivity contribution in [2.75, 3.05) is 0 Å². The fraction of sp³-hybridized carbons (Fsp3) is 0.154. The van der Waals surface area contributed by atoms with E-state index in [0.717, 1.165) is 12.1 Å². The molecule has 1 aromatic carbocycles. The van der Waals surface area contributed by atoms with Gasteiger partial charge in [0.1, 0.15) is 6.61 Å². The molecular formula is C13H10F3NO. The van der Waals surface area contributed by atoms with Crippen molar-refractivity contribution in [1.29, 1.82) is 0 Å². The zero-order valence-corrected chi connectivity index (χ0v) is 9.32. The maximum absolute atomic E-state index is 12.5. The number of hydrogen-bond donors (Lipinski definition) is 0. The number of rotatable bonds is 3. The molecule has 0 aliphatic carbocycles. The van der Waals surface area contributed by atoms with Crippen LogP contribution < -0.4 is 4.74 Å². The number of ether oxygens (including phenoxy) is 1. The highest BCUT2D eigenvalue weighted by Crippen LogP contribution is 2.29. The summed E-state index contributed by atoms with van der Waals surface area (Å²) in [5, 5.41) is 0. The van der Waals surface area contributed by atoms with E-state index >= 15 is 0 Å². The summed E-state index contributed by atoms with van der Waals surface area (Å²) in [6.45, 7) is 0.0565. The van der Waals surface area contributed by atoms with Crippen LogP contribution >= 0.6 is 0 Å². The van der Waals surface area contributed by atoms with Gasteiger partial charge in [-0.25, -0.2) is 4.98 Å². The standard InChI is InChI=1S/C13H10F3NO/c14-13(15,16)11-5-3-4-10(8-11)9-18-12-6-1-2-7-17-12/h1-8H,9H2. The Morgan fingerprint density at radius 2 is 1.89 bits per heavy atom. The predicted octanol–water partition coefficient (Wildman–Crippen LogP) is 3.68. The summed E-state index contributed by atoms with van der Waals surface area (Å²) < 4.78 is 42.7. The van der Waals surface area contributed by atoms with Gasteiger partial charge in [0, 0.05) is 12.3 Å². The molecule has 0 aliphatic heterocycles. The average molecular weight is 253 g/mol. The highest BCUT2D eigenvalue weighted by atomic mass is 19.4. The van der Waals surface area contributed by atoms with Crippen LogP contribution in [0.5, 0.6) is 5.88 Å². The van der Waals surface area contributed by atoms with E-state index < -0.39 is 11.7 Å². The first-order valence-corrected chi connectivity index (χ1v) is 5.26. The highest BCUT2D eigenvalue weighted by Gasteiger charge is 2.30. The quantitative estimate of drug-likeness (QED) is 0.832. The molecule has 0 spiro atoms. The first-order valence-electron chi connectivity index (χ1n) is 5.26. The maximum Gasteiger partial charge on any atom is 0.416 e. The Kier molecular flexibility index (Phi) is 3.50. The molecule has 0 aliphatic rings. The van der Waals surface area contributed by atoms with Crippen molar-refractivity contribution < 1.29 is 17.9 Å². The van der Waals surface area contributed by atoms with E-state index in [9.17, 15) is 13.2 Å². The van der Waals surface area contributed by atoms with Gasteiger partial charge in [0.25, 0.3) is 0 Å². The molecule has 1 heterocycles. The van der Waals surface area contributed by atoms with Gasteiger partial charge in [-0.2, -0.15) is 13.2 Å². The first kappa shape index (κ1) is 12.4. The Balaban J connectivity index is 2.06. The van der Waals surface area contributed by atoms with Crippen molar-refractivity contribution in [2.45, 2.75) is 12.8 Å². The summed E-state index contributed by atoms with van der Waals surface area (Å²) in [6.07, 6.45) is -2.78. The molecule has 94 valence electrons. The fourth-order valence-corrected chi connectivity index (χ4v) is 1.43. The fourth-order valence-electron chi connectivity index (χ4n) is 1.43. The molecule has 0 atom stereocenters. The molecule has 0 N–H and O–H groups in total. The van der Waals surface area contributed by atoms with Gasteiger partial charge in [0.05, 0.1) is 5.56 Å². The second-order valence-electron chi connectivity index (χ2n) is 3.65. The summed E-state index contributed by atoms with van der Waals surface area (Å²) in [5.41, 5.74) is -0.222. The molecule has 2 rings (SSSR count). The normalized spacial score (nSPS) is 11.3. The minimum atomic E-state index is -4.33. The molecular weight excluding hydrogens is 243 g/mol. The van der Waals surface area contributed by atoms with E-state index in [1.807, 2.05) is 0 Å². The van der Waals surface area contributed by atoms with Crippen molar-refractivity contribution in [3.63, 3.8) is 0 Å². The lowest BCUT2D eigenvalue weighted by Crippen LogP contribution is -2.06. The van der Waals surface area contributed by atoms with Gasteiger partial charge >= 0.3 is 6.18 Å². The van der Waals surface area contributed by atoms with Gasteiger partial charge in [-0.05, 0) is 23.8 Å². The SMILES string of the molecule is FC(F)(F)c1cccc(COc2ccccn2)c1. The summed E-state index contributed by atoms with van der Waals surface area (Å²) in [6, 6.07) is 10.2. The average Bonchev–Trinajstić information content (AvgIpc) is 2.37. The maximum atomic E-state index is 12.5. The number of hydrogen-bond acceptors (Lipinski definition) is 2. The zero-order valence-electron chi connectivity index (χ0n) is 9.32. The molecule has 2 aromatic rings. The third-order valence-electron chi connectivity index (χ3n) is 2.28. The zero-order chi connectivity index (χ0) is 13.0. The largest absolute Gasteiger partial charge is 0.473 e. The van der Waals surface area contributed by atoms with E-state index in [1.54, 1.807) is 30.5 Å². The Labute approximate surface area is 102 Å². The number of pyridine rings is 1. The van der Waals surface area contributed by atoms with Crippen LogP contribution in [0.25, 0.3) is 0 Å². The number of benzene rings is 1. The first-order chi connectivity index (χ1) is 8.55. The van der Waals surface area contributed by atoms with E-state index in [4.69, 9.17) is 4.74 Å². The van der Waals surface area contributed by atoms with E-state index in [-0.39, 0.29) is 6.61 Å². The molecule has 2 nitrogen and oxygen atoms in total. The third-order valence-corrected chi connectivity index (χ3v) is 2.28. The molecule has 18 heavy (non-hydrogen) atoms. The third kappa shape index (κ3) is 3.23. The Morgan fingerprint density at radius 1 is 1.06 bits per heavy atom. The van der Waals surface area contributed by atoms with E-state index in [1.165, 1.54) is 6.07 Å². The van der Waals surface area contributed by atoms with Crippen molar-refractivity contribution >= 4 is 0 Å². The van der Waals surface area contributed by atoms with Crippen molar-refractivity contribution in [2.24, 2.45) is 0 Å².